The Kier molecular flexibility index (Phi) is 4.03. The van der Waals surface area contributed by atoms with Crippen LogP contribution in [-0.4, -0.2) is 62.7 Å². The minimum absolute atomic E-state index is 0.0282. The van der Waals surface area contributed by atoms with Gasteiger partial charge in [-0.3, -0.25) is 4.57 Å². The summed E-state index contributed by atoms with van der Waals surface area (Å²) >= 11 is 6.03. The van der Waals surface area contributed by atoms with Gasteiger partial charge in [-0.1, -0.05) is 0 Å². The summed E-state index contributed by atoms with van der Waals surface area (Å²) in [5, 5.41) is 20.8. The molecule has 0 saturated carbocycles. The molecule has 2 aromatic rings. The van der Waals surface area contributed by atoms with Gasteiger partial charge in [0.15, 0.2) is 29.4 Å². The van der Waals surface area contributed by atoms with Crippen molar-refractivity contribution < 1.29 is 19.3 Å². The first-order valence-corrected chi connectivity index (χ1v) is 8.18. The number of anilines is 1. The molecule has 0 unspecified atom stereocenters. The molecule has 8 nitrogen and oxygen atoms in total. The van der Waals surface area contributed by atoms with Crippen LogP contribution in [0.5, 0.6) is 0 Å². The molecule has 1 radical (unpaired) electrons. The number of imidazole rings is 1. The van der Waals surface area contributed by atoms with E-state index in [9.17, 15) is 14.6 Å². The molecule has 2 aliphatic heterocycles. The van der Waals surface area contributed by atoms with E-state index in [1.165, 1.54) is 10.9 Å². The van der Waals surface area contributed by atoms with Crippen molar-refractivity contribution in [2.45, 2.75) is 37.4 Å². The lowest BCUT2D eigenvalue weighted by Crippen LogP contribution is -2.30. The summed E-state index contributed by atoms with van der Waals surface area (Å²) in [6.07, 6.45) is -1.99. The average molecular weight is 357 g/mol. The molecule has 0 spiro atoms. The van der Waals surface area contributed by atoms with Crippen LogP contribution in [-0.2, 0) is 9.84 Å². The van der Waals surface area contributed by atoms with Crippen LogP contribution in [0.2, 0.25) is 5.28 Å². The highest BCUT2D eigenvalue weighted by Gasteiger charge is 2.45. The van der Waals surface area contributed by atoms with E-state index in [0.717, 1.165) is 25.9 Å². The van der Waals surface area contributed by atoms with Gasteiger partial charge in [-0.05, 0) is 24.4 Å². The molecule has 1 N–H and O–H groups in total. The van der Waals surface area contributed by atoms with E-state index in [1.807, 2.05) is 0 Å². The lowest BCUT2D eigenvalue weighted by atomic mass is 10.1. The molecule has 2 aliphatic rings. The number of halogens is 2. The van der Waals surface area contributed by atoms with Gasteiger partial charge in [0, 0.05) is 13.1 Å². The Labute approximate surface area is 141 Å². The largest absolute Gasteiger partial charge is 0.387 e. The van der Waals surface area contributed by atoms with E-state index in [2.05, 4.69) is 19.9 Å². The van der Waals surface area contributed by atoms with Crippen LogP contribution in [0.25, 0.3) is 11.2 Å². The van der Waals surface area contributed by atoms with Crippen LogP contribution in [0.4, 0.5) is 10.2 Å². The van der Waals surface area contributed by atoms with Gasteiger partial charge in [0.1, 0.15) is 18.8 Å². The first-order chi connectivity index (χ1) is 11.6. The first-order valence-electron chi connectivity index (χ1n) is 7.81. The van der Waals surface area contributed by atoms with E-state index >= 15 is 0 Å². The third-order valence-electron chi connectivity index (χ3n) is 4.51. The number of aromatic nitrogens is 4. The summed E-state index contributed by atoms with van der Waals surface area (Å²) in [6, 6.07) is 0. The number of nitrogens with zero attached hydrogens (tertiary/aromatic N) is 5. The minimum Gasteiger partial charge on any atom is -0.387 e. The molecule has 0 bridgehead atoms. The van der Waals surface area contributed by atoms with Crippen LogP contribution < -0.4 is 4.90 Å². The zero-order valence-corrected chi connectivity index (χ0v) is 13.4. The predicted octanol–water partition coefficient (Wildman–Crippen LogP) is 1.11. The lowest BCUT2D eigenvalue weighted by Gasteiger charge is -2.18. The highest BCUT2D eigenvalue weighted by molar-refractivity contribution is 6.28. The number of ether oxygens (including phenoxy) is 1. The molecular weight excluding hydrogens is 341 g/mol. The van der Waals surface area contributed by atoms with Crippen molar-refractivity contribution in [1.29, 1.82) is 0 Å². The maximum Gasteiger partial charge on any atom is 0.226 e. The van der Waals surface area contributed by atoms with Crippen molar-refractivity contribution in [3.8, 4) is 0 Å². The number of aliphatic hydroxyl groups is 1. The standard InChI is InChI=1S/C14H16ClFN5O3/c15-14-18-11(20-3-1-2-4-20)9-12(19-14)21(6-17-9)13-8(16)10(23)7(5-22)24-13/h6-8,10,13,23H,1-5H2/t7-,8+,10-,13-/m1/s1. The SMILES string of the molecule is [O]C[C@H]1O[C@@H](n2cnc3c(N4CCCC4)nc(Cl)nc32)[C@@H](F)[C@@H]1O. The number of rotatable bonds is 3. The van der Waals surface area contributed by atoms with E-state index < -0.39 is 31.2 Å². The average Bonchev–Trinajstić information content (AvgIpc) is 3.28. The topological polar surface area (TPSA) is 96.2 Å². The molecule has 0 aromatic carbocycles. The quantitative estimate of drug-likeness (QED) is 0.827. The van der Waals surface area contributed by atoms with Crippen LogP contribution >= 0.6 is 11.6 Å². The van der Waals surface area contributed by atoms with Gasteiger partial charge in [0.25, 0.3) is 0 Å². The van der Waals surface area contributed by atoms with Crippen molar-refractivity contribution in [3.05, 3.63) is 11.6 Å². The summed E-state index contributed by atoms with van der Waals surface area (Å²) < 4.78 is 21.1. The maximum absolute atomic E-state index is 14.4. The van der Waals surface area contributed by atoms with Gasteiger partial charge in [0.05, 0.1) is 6.33 Å². The Bertz CT molecular complexity index is 753. The molecule has 0 amide bonds. The number of aliphatic hydroxyl groups excluding tert-OH is 1. The van der Waals surface area contributed by atoms with Gasteiger partial charge in [-0.2, -0.15) is 9.97 Å². The predicted molar refractivity (Wildman–Crippen MR) is 82.1 cm³/mol. The summed E-state index contributed by atoms with van der Waals surface area (Å²) in [6.45, 7) is 0.968. The zero-order chi connectivity index (χ0) is 16.8. The van der Waals surface area contributed by atoms with Gasteiger partial charge in [-0.25, -0.2) is 14.5 Å². The highest BCUT2D eigenvalue weighted by atomic mass is 35.5. The van der Waals surface area contributed by atoms with Crippen molar-refractivity contribution >= 4 is 28.6 Å². The summed E-state index contributed by atoms with van der Waals surface area (Å²) in [4.78, 5) is 14.8. The molecule has 4 heterocycles. The van der Waals surface area contributed by atoms with E-state index in [4.69, 9.17) is 16.3 Å². The summed E-state index contributed by atoms with van der Waals surface area (Å²) in [5.74, 6) is 0.607. The third kappa shape index (κ3) is 2.43. The first kappa shape index (κ1) is 15.9. The Morgan fingerprint density at radius 2 is 2.12 bits per heavy atom. The van der Waals surface area contributed by atoms with Crippen molar-refractivity contribution in [3.63, 3.8) is 0 Å². The fraction of sp³-hybridized carbons (Fsp3) is 0.643. The molecule has 2 aromatic heterocycles. The van der Waals surface area contributed by atoms with Gasteiger partial charge >= 0.3 is 0 Å². The number of hydrogen-bond acceptors (Lipinski definition) is 6. The smallest absolute Gasteiger partial charge is 0.226 e. The van der Waals surface area contributed by atoms with E-state index in [-0.39, 0.29) is 5.28 Å². The molecule has 2 fully saturated rings. The molecule has 0 aliphatic carbocycles. The second-order valence-corrected chi connectivity index (χ2v) is 6.34. The van der Waals surface area contributed by atoms with Gasteiger partial charge < -0.3 is 14.7 Å². The molecular formula is C14H16ClFN5O3. The summed E-state index contributed by atoms with van der Waals surface area (Å²) in [5.41, 5.74) is 0.820. The normalized spacial score (nSPS) is 30.6. The van der Waals surface area contributed by atoms with Crippen molar-refractivity contribution in [1.82, 2.24) is 19.5 Å². The number of fused-ring (bicyclic) bond motifs is 1. The molecule has 24 heavy (non-hydrogen) atoms. The monoisotopic (exact) mass is 356 g/mol. The Morgan fingerprint density at radius 3 is 2.79 bits per heavy atom. The molecule has 4 rings (SSSR count). The van der Waals surface area contributed by atoms with Crippen LogP contribution in [0, 0.1) is 0 Å². The third-order valence-corrected chi connectivity index (χ3v) is 4.68. The van der Waals surface area contributed by atoms with E-state index in [0.29, 0.717) is 17.0 Å². The van der Waals surface area contributed by atoms with Crippen molar-refractivity contribution in [2.24, 2.45) is 0 Å². The highest BCUT2D eigenvalue weighted by Crippen LogP contribution is 2.35. The molecule has 129 valence electrons. The van der Waals surface area contributed by atoms with E-state index in [1.54, 1.807) is 0 Å². The maximum atomic E-state index is 14.4. The molecule has 10 heteroatoms. The number of alkyl halides is 1. The Morgan fingerprint density at radius 1 is 1.38 bits per heavy atom. The Hall–Kier alpha value is -1.55. The van der Waals surface area contributed by atoms with Crippen LogP contribution in [0.1, 0.15) is 19.1 Å². The van der Waals surface area contributed by atoms with Crippen LogP contribution in [0.15, 0.2) is 6.33 Å². The number of hydrogen-bond donors (Lipinski definition) is 1. The summed E-state index contributed by atoms with van der Waals surface area (Å²) in [7, 11) is 0. The molecule has 4 atom stereocenters. The minimum atomic E-state index is -1.75. The second kappa shape index (κ2) is 6.07. The van der Waals surface area contributed by atoms with Gasteiger partial charge in [-0.15, -0.1) is 0 Å². The molecule has 2 saturated heterocycles. The second-order valence-electron chi connectivity index (χ2n) is 6.00. The Balaban J connectivity index is 1.78. The lowest BCUT2D eigenvalue weighted by molar-refractivity contribution is -0.0593. The fourth-order valence-electron chi connectivity index (χ4n) is 3.28. The zero-order valence-electron chi connectivity index (χ0n) is 12.7. The van der Waals surface area contributed by atoms with Gasteiger partial charge in [0.2, 0.25) is 5.28 Å². The fourth-order valence-corrected chi connectivity index (χ4v) is 3.44. The van der Waals surface area contributed by atoms with Crippen molar-refractivity contribution in [2.75, 3.05) is 24.6 Å². The van der Waals surface area contributed by atoms with Crippen LogP contribution in [0.3, 0.4) is 0 Å².